The molecule has 2 aromatic rings. The number of rotatable bonds is 4. The summed E-state index contributed by atoms with van der Waals surface area (Å²) in [5, 5.41) is 4.01. The highest BCUT2D eigenvalue weighted by molar-refractivity contribution is 9.10. The van der Waals surface area contributed by atoms with Gasteiger partial charge in [0.05, 0.1) is 6.26 Å². The van der Waals surface area contributed by atoms with Crippen molar-refractivity contribution in [3.05, 3.63) is 57.4 Å². The van der Waals surface area contributed by atoms with E-state index in [2.05, 4.69) is 21.2 Å². The largest absolute Gasteiger partial charge is 0.469 e. The summed E-state index contributed by atoms with van der Waals surface area (Å²) in [6.45, 7) is 0. The Labute approximate surface area is 114 Å². The number of nitrogens with one attached hydrogen (secondary N) is 1. The zero-order valence-corrected chi connectivity index (χ0v) is 11.8. The van der Waals surface area contributed by atoms with E-state index in [1.165, 1.54) is 0 Å². The van der Waals surface area contributed by atoms with E-state index in [1.807, 2.05) is 37.4 Å². The lowest BCUT2D eigenvalue weighted by molar-refractivity contribution is 0.465. The lowest BCUT2D eigenvalue weighted by atomic mass is 10.0. The lowest BCUT2D eigenvalue weighted by Crippen LogP contribution is -2.19. The van der Waals surface area contributed by atoms with Gasteiger partial charge in [0.25, 0.3) is 0 Å². The molecule has 1 atom stereocenters. The van der Waals surface area contributed by atoms with Crippen LogP contribution in [0.3, 0.4) is 0 Å². The van der Waals surface area contributed by atoms with Crippen molar-refractivity contribution in [1.82, 2.24) is 5.32 Å². The maximum Gasteiger partial charge on any atom is 0.105 e. The first-order chi connectivity index (χ1) is 8.20. The van der Waals surface area contributed by atoms with Crippen LogP contribution in [0.2, 0.25) is 5.02 Å². The van der Waals surface area contributed by atoms with E-state index < -0.39 is 0 Å². The average Bonchev–Trinajstić information content (AvgIpc) is 2.82. The molecular formula is C13H13BrClNO. The van der Waals surface area contributed by atoms with Gasteiger partial charge >= 0.3 is 0 Å². The van der Waals surface area contributed by atoms with Gasteiger partial charge in [-0.15, -0.1) is 0 Å². The predicted octanol–water partition coefficient (Wildman–Crippen LogP) is 4.20. The number of hydrogen-bond acceptors (Lipinski definition) is 2. The number of hydrogen-bond donors (Lipinski definition) is 1. The minimum absolute atomic E-state index is 0.175. The van der Waals surface area contributed by atoms with E-state index in [4.69, 9.17) is 16.0 Å². The molecule has 0 amide bonds. The molecule has 0 aliphatic heterocycles. The summed E-state index contributed by atoms with van der Waals surface area (Å²) >= 11 is 9.57. The summed E-state index contributed by atoms with van der Waals surface area (Å²) < 4.78 is 6.42. The van der Waals surface area contributed by atoms with Crippen LogP contribution >= 0.6 is 27.5 Å². The average molecular weight is 315 g/mol. The van der Waals surface area contributed by atoms with Crippen LogP contribution < -0.4 is 5.32 Å². The number of likely N-dealkylation sites (N-methyl/N-ethyl adjacent to an activating group) is 1. The summed E-state index contributed by atoms with van der Waals surface area (Å²) in [5.41, 5.74) is 1.14. The molecule has 4 heteroatoms. The summed E-state index contributed by atoms with van der Waals surface area (Å²) in [6, 6.07) is 9.85. The Kier molecular flexibility index (Phi) is 4.26. The fourth-order valence-corrected chi connectivity index (χ4v) is 2.48. The third-order valence-corrected chi connectivity index (χ3v) is 3.62. The minimum atomic E-state index is 0.175. The van der Waals surface area contributed by atoms with Gasteiger partial charge < -0.3 is 9.73 Å². The molecular weight excluding hydrogens is 302 g/mol. The van der Waals surface area contributed by atoms with Crippen molar-refractivity contribution < 1.29 is 4.42 Å². The molecule has 0 aliphatic rings. The van der Waals surface area contributed by atoms with Crippen LogP contribution in [0.1, 0.15) is 17.4 Å². The molecule has 0 saturated heterocycles. The van der Waals surface area contributed by atoms with Crippen molar-refractivity contribution >= 4 is 27.5 Å². The highest BCUT2D eigenvalue weighted by atomic mass is 79.9. The van der Waals surface area contributed by atoms with Gasteiger partial charge in [-0.3, -0.25) is 0 Å². The van der Waals surface area contributed by atoms with Crippen molar-refractivity contribution in [3.63, 3.8) is 0 Å². The molecule has 0 saturated carbocycles. The van der Waals surface area contributed by atoms with Crippen molar-refractivity contribution in [2.24, 2.45) is 0 Å². The van der Waals surface area contributed by atoms with E-state index in [9.17, 15) is 0 Å². The van der Waals surface area contributed by atoms with E-state index in [0.29, 0.717) is 0 Å². The van der Waals surface area contributed by atoms with E-state index in [0.717, 1.165) is 27.2 Å². The smallest absolute Gasteiger partial charge is 0.105 e. The van der Waals surface area contributed by atoms with Crippen LogP contribution in [0.4, 0.5) is 0 Å². The van der Waals surface area contributed by atoms with Gasteiger partial charge in [0, 0.05) is 22.0 Å². The van der Waals surface area contributed by atoms with Crippen LogP contribution in [0.5, 0.6) is 0 Å². The van der Waals surface area contributed by atoms with Crippen LogP contribution in [-0.2, 0) is 6.42 Å². The van der Waals surface area contributed by atoms with E-state index in [1.54, 1.807) is 6.26 Å². The molecule has 1 N–H and O–H groups in total. The first-order valence-corrected chi connectivity index (χ1v) is 6.52. The molecule has 1 aromatic carbocycles. The number of halogens is 2. The third-order valence-electron chi connectivity index (χ3n) is 2.67. The Morgan fingerprint density at radius 2 is 2.24 bits per heavy atom. The normalized spacial score (nSPS) is 12.6. The van der Waals surface area contributed by atoms with E-state index in [-0.39, 0.29) is 6.04 Å². The quantitative estimate of drug-likeness (QED) is 0.915. The zero-order chi connectivity index (χ0) is 12.3. The van der Waals surface area contributed by atoms with Gasteiger partial charge in [-0.1, -0.05) is 27.5 Å². The standard InChI is InChI=1S/C13H13BrClNO/c1-16-13(8-10-3-2-6-17-10)11-7-9(15)4-5-12(11)14/h2-7,13,16H,8H2,1H3. The summed E-state index contributed by atoms with van der Waals surface area (Å²) in [5.74, 6) is 0.955. The van der Waals surface area contributed by atoms with Crippen molar-refractivity contribution in [2.45, 2.75) is 12.5 Å². The van der Waals surface area contributed by atoms with Gasteiger partial charge in [-0.05, 0) is 42.9 Å². The highest BCUT2D eigenvalue weighted by Gasteiger charge is 2.15. The Hall–Kier alpha value is -0.770. The molecule has 2 nitrogen and oxygen atoms in total. The molecule has 1 heterocycles. The monoisotopic (exact) mass is 313 g/mol. The molecule has 0 radical (unpaired) electrons. The van der Waals surface area contributed by atoms with Gasteiger partial charge in [-0.25, -0.2) is 0 Å². The second kappa shape index (κ2) is 5.71. The maximum atomic E-state index is 6.03. The molecule has 17 heavy (non-hydrogen) atoms. The fourth-order valence-electron chi connectivity index (χ4n) is 1.78. The van der Waals surface area contributed by atoms with Crippen molar-refractivity contribution in [3.8, 4) is 0 Å². The second-order valence-corrected chi connectivity index (χ2v) is 5.08. The topological polar surface area (TPSA) is 25.2 Å². The third kappa shape index (κ3) is 3.12. The number of benzene rings is 1. The second-order valence-electron chi connectivity index (χ2n) is 3.79. The SMILES string of the molecule is CNC(Cc1ccco1)c1cc(Cl)ccc1Br. The van der Waals surface area contributed by atoms with Gasteiger partial charge in [0.2, 0.25) is 0 Å². The molecule has 0 spiro atoms. The zero-order valence-electron chi connectivity index (χ0n) is 9.41. The Morgan fingerprint density at radius 1 is 1.41 bits per heavy atom. The van der Waals surface area contributed by atoms with Gasteiger partial charge in [-0.2, -0.15) is 0 Å². The first kappa shape index (κ1) is 12.7. The Bertz CT molecular complexity index is 484. The van der Waals surface area contributed by atoms with Gasteiger partial charge in [0.1, 0.15) is 5.76 Å². The predicted molar refractivity (Wildman–Crippen MR) is 73.4 cm³/mol. The molecule has 0 bridgehead atoms. The van der Waals surface area contributed by atoms with Crippen LogP contribution in [0.15, 0.2) is 45.5 Å². The minimum Gasteiger partial charge on any atom is -0.469 e. The summed E-state index contributed by atoms with van der Waals surface area (Å²) in [4.78, 5) is 0. The summed E-state index contributed by atoms with van der Waals surface area (Å²) in [7, 11) is 1.93. The lowest BCUT2D eigenvalue weighted by Gasteiger charge is -2.17. The molecule has 1 unspecified atom stereocenters. The van der Waals surface area contributed by atoms with Crippen molar-refractivity contribution in [1.29, 1.82) is 0 Å². The van der Waals surface area contributed by atoms with Crippen LogP contribution in [0, 0.1) is 0 Å². The van der Waals surface area contributed by atoms with Crippen LogP contribution in [-0.4, -0.2) is 7.05 Å². The van der Waals surface area contributed by atoms with Gasteiger partial charge in [0.15, 0.2) is 0 Å². The first-order valence-electron chi connectivity index (χ1n) is 5.35. The number of furan rings is 1. The van der Waals surface area contributed by atoms with Crippen LogP contribution in [0.25, 0.3) is 0 Å². The maximum absolute atomic E-state index is 6.03. The van der Waals surface area contributed by atoms with Crippen molar-refractivity contribution in [2.75, 3.05) is 7.05 Å². The molecule has 0 aliphatic carbocycles. The highest BCUT2D eigenvalue weighted by Crippen LogP contribution is 2.28. The molecule has 90 valence electrons. The Balaban J connectivity index is 2.25. The fraction of sp³-hybridized carbons (Fsp3) is 0.231. The molecule has 0 fully saturated rings. The molecule has 1 aromatic heterocycles. The van der Waals surface area contributed by atoms with E-state index >= 15 is 0 Å². The summed E-state index contributed by atoms with van der Waals surface area (Å²) in [6.07, 6.45) is 2.48. The molecule has 2 rings (SSSR count). The Morgan fingerprint density at radius 3 is 2.88 bits per heavy atom.